The Morgan fingerprint density at radius 2 is 1.24 bits per heavy atom. The Bertz CT molecular complexity index is 2240. The van der Waals surface area contributed by atoms with Crippen LogP contribution in [0.5, 0.6) is 0 Å². The molecule has 4 saturated heterocycles. The molecule has 10 rings (SSSR count). The number of amides is 3. The van der Waals surface area contributed by atoms with E-state index in [1.54, 1.807) is 0 Å². The first-order valence-electron chi connectivity index (χ1n) is 22.9. The third-order valence-corrected chi connectivity index (χ3v) is 15.0. The number of aromatic amines is 2. The molecule has 4 aliphatic heterocycles. The molecule has 6 aliphatic rings. The van der Waals surface area contributed by atoms with Gasteiger partial charge in [0.2, 0.25) is 11.8 Å². The van der Waals surface area contributed by atoms with E-state index in [0.29, 0.717) is 19.8 Å². The Morgan fingerprint density at radius 1 is 0.710 bits per heavy atom. The summed E-state index contributed by atoms with van der Waals surface area (Å²) in [5, 5.41) is 6.20. The molecule has 0 bridgehead atoms. The third-order valence-electron chi connectivity index (χ3n) is 15.0. The highest BCUT2D eigenvalue weighted by atomic mass is 16.5. The van der Waals surface area contributed by atoms with Crippen LogP contribution in [0.15, 0.2) is 60.9 Å². The lowest BCUT2D eigenvalue weighted by molar-refractivity contribution is -0.140. The van der Waals surface area contributed by atoms with Gasteiger partial charge in [0.05, 0.1) is 61.0 Å². The van der Waals surface area contributed by atoms with Crippen molar-refractivity contribution < 1.29 is 28.6 Å². The molecule has 2 aliphatic carbocycles. The number of ether oxygens (including phenoxy) is 3. The summed E-state index contributed by atoms with van der Waals surface area (Å²) >= 11 is 0. The molecule has 2 spiro atoms. The molecular formula is C48H60N8O6. The predicted octanol–water partition coefficient (Wildman–Crippen LogP) is 7.08. The minimum Gasteiger partial charge on any atom is -0.453 e. The van der Waals surface area contributed by atoms with Crippen molar-refractivity contribution >= 4 is 17.9 Å². The first-order valence-corrected chi connectivity index (χ1v) is 22.9. The molecule has 6 fully saturated rings. The van der Waals surface area contributed by atoms with E-state index < -0.39 is 12.1 Å². The maximum atomic E-state index is 14.1. The number of hydrogen-bond acceptors (Lipinski definition) is 9. The zero-order valence-electron chi connectivity index (χ0n) is 36.2. The largest absolute Gasteiger partial charge is 0.453 e. The van der Waals surface area contributed by atoms with E-state index in [1.807, 2.05) is 24.3 Å². The van der Waals surface area contributed by atoms with Gasteiger partial charge >= 0.3 is 6.09 Å². The number of likely N-dealkylation sites (tertiary alicyclic amines) is 2. The highest BCUT2D eigenvalue weighted by Crippen LogP contribution is 2.49. The van der Waals surface area contributed by atoms with Crippen LogP contribution in [-0.4, -0.2) is 111 Å². The number of imidazole rings is 2. The third kappa shape index (κ3) is 7.94. The van der Waals surface area contributed by atoms with Crippen molar-refractivity contribution in [2.24, 2.45) is 11.8 Å². The van der Waals surface area contributed by atoms with Crippen LogP contribution in [0.3, 0.4) is 0 Å². The van der Waals surface area contributed by atoms with Crippen LogP contribution < -0.4 is 10.6 Å². The van der Waals surface area contributed by atoms with Gasteiger partial charge in [-0.3, -0.25) is 9.59 Å². The number of methoxy groups -OCH3 is 1. The summed E-state index contributed by atoms with van der Waals surface area (Å²) in [6.07, 6.45) is 15.0. The normalized spacial score (nSPS) is 27.0. The molecule has 4 N–H and O–H groups in total. The topological polar surface area (TPSA) is 167 Å². The van der Waals surface area contributed by atoms with Crippen LogP contribution in [0, 0.1) is 11.8 Å². The average molecular weight is 845 g/mol. The van der Waals surface area contributed by atoms with Crippen LogP contribution in [0.25, 0.3) is 33.6 Å². The van der Waals surface area contributed by atoms with Gasteiger partial charge < -0.3 is 44.6 Å². The lowest BCUT2D eigenvalue weighted by atomic mass is 9.89. The molecule has 14 nitrogen and oxygen atoms in total. The number of benzene rings is 2. The average Bonchev–Trinajstić information content (AvgIpc) is 3.81. The van der Waals surface area contributed by atoms with E-state index >= 15 is 0 Å². The fourth-order valence-corrected chi connectivity index (χ4v) is 10.8. The number of rotatable bonds is 11. The molecule has 6 unspecified atom stereocenters. The van der Waals surface area contributed by atoms with E-state index in [0.717, 1.165) is 122 Å². The lowest BCUT2D eigenvalue weighted by Gasteiger charge is -2.37. The minimum atomic E-state index is -0.718. The molecule has 0 radical (unpaired) electrons. The van der Waals surface area contributed by atoms with Crippen LogP contribution in [0.1, 0.15) is 108 Å². The Kier molecular flexibility index (Phi) is 11.0. The zero-order valence-corrected chi connectivity index (χ0v) is 36.2. The van der Waals surface area contributed by atoms with E-state index in [4.69, 9.17) is 24.2 Å². The number of likely N-dealkylation sites (N-methyl/N-ethyl adjacent to an activating group) is 1. The second kappa shape index (κ2) is 16.6. The Labute approximate surface area is 363 Å². The van der Waals surface area contributed by atoms with Crippen molar-refractivity contribution in [3.8, 4) is 33.6 Å². The number of H-pyrrole nitrogens is 2. The number of aromatic nitrogens is 4. The van der Waals surface area contributed by atoms with Crippen LogP contribution in [0.2, 0.25) is 0 Å². The molecule has 2 aromatic carbocycles. The fraction of sp³-hybridized carbons (Fsp3) is 0.562. The predicted molar refractivity (Wildman–Crippen MR) is 232 cm³/mol. The van der Waals surface area contributed by atoms with Crippen molar-refractivity contribution in [2.75, 3.05) is 33.9 Å². The van der Waals surface area contributed by atoms with Crippen LogP contribution in [0.4, 0.5) is 4.79 Å². The smallest absolute Gasteiger partial charge is 0.407 e. The van der Waals surface area contributed by atoms with E-state index in [2.05, 4.69) is 81.0 Å². The monoisotopic (exact) mass is 844 g/mol. The molecule has 2 aromatic heterocycles. The van der Waals surface area contributed by atoms with Crippen molar-refractivity contribution in [3.05, 3.63) is 72.6 Å². The number of nitrogens with one attached hydrogen (secondary N) is 4. The van der Waals surface area contributed by atoms with E-state index in [1.165, 1.54) is 7.11 Å². The Hall–Kier alpha value is -5.05. The van der Waals surface area contributed by atoms with Crippen LogP contribution >= 0.6 is 0 Å². The van der Waals surface area contributed by atoms with Gasteiger partial charge in [-0.2, -0.15) is 0 Å². The highest BCUT2D eigenvalue weighted by molar-refractivity contribution is 5.87. The SMILES string of the molecule is CNC(C(=O)N1C(C)CCC1c1nc(-c2ccc(-c3ccc(-c4c[nH]c([C@@H]5CCCN5C(=O)C(NC(=O)OC)C5CCC6(CC6)OC5)n4)cc3)cc2)c[nH]1)C1CCC2(CC2)OC1. The van der Waals surface area contributed by atoms with Crippen molar-refractivity contribution in [3.63, 3.8) is 0 Å². The molecule has 2 saturated carbocycles. The molecule has 62 heavy (non-hydrogen) atoms. The molecule has 6 heterocycles. The number of carbonyl (C=O) groups excluding carboxylic acids is 3. The van der Waals surface area contributed by atoms with Gasteiger partial charge in [0, 0.05) is 47.9 Å². The second-order valence-electron chi connectivity index (χ2n) is 18.8. The van der Waals surface area contributed by atoms with Gasteiger partial charge in [-0.15, -0.1) is 0 Å². The first kappa shape index (κ1) is 41.0. The summed E-state index contributed by atoms with van der Waals surface area (Å²) < 4.78 is 17.3. The molecule has 328 valence electrons. The second-order valence-corrected chi connectivity index (χ2v) is 18.8. The molecule has 14 heteroatoms. The van der Waals surface area contributed by atoms with Gasteiger partial charge in [-0.1, -0.05) is 48.5 Å². The van der Waals surface area contributed by atoms with Crippen molar-refractivity contribution in [1.29, 1.82) is 0 Å². The fourth-order valence-electron chi connectivity index (χ4n) is 10.8. The minimum absolute atomic E-state index is 0.00575. The maximum Gasteiger partial charge on any atom is 0.407 e. The van der Waals surface area contributed by atoms with Crippen LogP contribution in [-0.2, 0) is 23.8 Å². The van der Waals surface area contributed by atoms with E-state index in [-0.39, 0.29) is 59.0 Å². The Balaban J connectivity index is 0.781. The van der Waals surface area contributed by atoms with Gasteiger partial charge in [-0.25, -0.2) is 14.8 Å². The molecule has 3 amide bonds. The van der Waals surface area contributed by atoms with E-state index in [9.17, 15) is 14.4 Å². The number of nitrogens with zero attached hydrogens (tertiary/aromatic N) is 4. The first-order chi connectivity index (χ1) is 30.1. The summed E-state index contributed by atoms with van der Waals surface area (Å²) in [4.78, 5) is 61.4. The van der Waals surface area contributed by atoms with Gasteiger partial charge in [-0.05, 0) is 102 Å². The lowest BCUT2D eigenvalue weighted by Crippen LogP contribution is -2.54. The quantitative estimate of drug-likeness (QED) is 0.123. The summed E-state index contributed by atoms with van der Waals surface area (Å²) in [6, 6.07) is 15.6. The standard InChI is InChI=1S/C48H60N8O6/c1-29-6-15-39(56(29)45(58)40(49-2)34-16-18-47(20-21-47)61-27-34)43-51-26-37(53-43)33-13-9-31(10-14-33)30-7-11-32(12-8-30)36-25-50-42(52-36)38-5-4-24-55(38)44(57)41(54-46(59)60-3)35-17-19-48(22-23-48)62-28-35/h7-14,25-26,29,34-35,38-41,49H,4-6,15-24,27-28H2,1-3H3,(H,50,52)(H,51,53)(H,54,59)/t29?,34?,35?,38-,39?,40?,41?/m0/s1. The van der Waals surface area contributed by atoms with Gasteiger partial charge in [0.25, 0.3) is 0 Å². The molecule has 7 atom stereocenters. The summed E-state index contributed by atoms with van der Waals surface area (Å²) in [7, 11) is 3.22. The van der Waals surface area contributed by atoms with Crippen molar-refractivity contribution in [1.82, 2.24) is 40.4 Å². The number of hydrogen-bond donors (Lipinski definition) is 4. The zero-order chi connectivity index (χ0) is 42.6. The molecular weight excluding hydrogens is 785 g/mol. The number of alkyl carbamates (subject to hydrolysis) is 1. The maximum absolute atomic E-state index is 14.1. The summed E-state index contributed by atoms with van der Waals surface area (Å²) in [5.41, 5.74) is 5.91. The van der Waals surface area contributed by atoms with Gasteiger partial charge in [0.1, 0.15) is 17.7 Å². The summed E-state index contributed by atoms with van der Waals surface area (Å²) in [6.45, 7) is 3.84. The highest BCUT2D eigenvalue weighted by Gasteiger charge is 2.51. The molecule has 4 aromatic rings. The van der Waals surface area contributed by atoms with Gasteiger partial charge in [0.15, 0.2) is 0 Å². The number of carbonyl (C=O) groups is 3. The Morgan fingerprint density at radius 3 is 1.74 bits per heavy atom. The summed E-state index contributed by atoms with van der Waals surface area (Å²) in [5.74, 6) is 1.67. The van der Waals surface area contributed by atoms with Crippen molar-refractivity contribution in [2.45, 2.75) is 125 Å².